The molecule has 154 valence electrons. The summed E-state index contributed by atoms with van der Waals surface area (Å²) in [5.41, 5.74) is 3.16. The van der Waals surface area contributed by atoms with E-state index in [2.05, 4.69) is 0 Å². The van der Waals surface area contributed by atoms with E-state index in [1.165, 1.54) is 11.9 Å². The smallest absolute Gasteiger partial charge is 0.373 e. The molecular weight excluding hydrogens is 389 g/mol. The van der Waals surface area contributed by atoms with Crippen molar-refractivity contribution in [1.82, 2.24) is 4.72 Å². The molecule has 1 atom stereocenters. The first kappa shape index (κ1) is 22.2. The van der Waals surface area contributed by atoms with E-state index in [0.29, 0.717) is 16.8 Å². The molecule has 4 nitrogen and oxygen atoms in total. The van der Waals surface area contributed by atoms with Gasteiger partial charge in [-0.15, -0.1) is 0 Å². The van der Waals surface area contributed by atoms with Crippen LogP contribution in [0, 0.1) is 27.7 Å². The number of anilines is 1. The van der Waals surface area contributed by atoms with Crippen molar-refractivity contribution < 1.29 is 21.6 Å². The summed E-state index contributed by atoms with van der Waals surface area (Å²) in [7, 11) is -2.85. The third-order valence-corrected chi connectivity index (χ3v) is 6.24. The number of nitrogens with one attached hydrogen (secondary N) is 1. The van der Waals surface area contributed by atoms with Crippen LogP contribution < -0.4 is 9.62 Å². The number of aryl methyl sites for hydroxylation is 4. The highest BCUT2D eigenvalue weighted by Crippen LogP contribution is 2.27. The van der Waals surface area contributed by atoms with Crippen LogP contribution in [0.1, 0.15) is 22.3 Å². The maximum absolute atomic E-state index is 13.6. The molecule has 0 saturated heterocycles. The maximum atomic E-state index is 13.6. The van der Waals surface area contributed by atoms with Gasteiger partial charge in [-0.3, -0.25) is 0 Å². The number of rotatable bonds is 6. The molecule has 0 aromatic heterocycles. The SMILES string of the molecule is Cc1cccc(N(C)CC(NS(=O)(=O)c2c(C)cc(C)cc2C)C(F)(F)F)c1. The zero-order valence-corrected chi connectivity index (χ0v) is 17.4. The zero-order chi connectivity index (χ0) is 21.3. The number of halogens is 3. The Kier molecular flexibility index (Phi) is 6.45. The van der Waals surface area contributed by atoms with E-state index in [9.17, 15) is 21.6 Å². The number of nitrogens with zero attached hydrogens (tertiary/aromatic N) is 1. The molecule has 2 aromatic carbocycles. The van der Waals surface area contributed by atoms with Crippen molar-refractivity contribution in [2.45, 2.75) is 44.8 Å². The standard InChI is InChI=1S/C20H25F3N2O2S/c1-13-7-6-8-17(11-13)25(5)12-18(20(21,22)23)24-28(26,27)19-15(3)9-14(2)10-16(19)4/h6-11,18,24H,12H2,1-5H3. The first-order chi connectivity index (χ1) is 12.8. The maximum Gasteiger partial charge on any atom is 0.406 e. The Bertz CT molecular complexity index is 933. The van der Waals surface area contributed by atoms with Crippen LogP contribution in [0.3, 0.4) is 0 Å². The van der Waals surface area contributed by atoms with Gasteiger partial charge in [0.25, 0.3) is 0 Å². The summed E-state index contributed by atoms with van der Waals surface area (Å²) in [6, 6.07) is 8.05. The second-order valence-corrected chi connectivity index (χ2v) is 8.81. The minimum Gasteiger partial charge on any atom is -0.373 e. The Balaban J connectivity index is 2.35. The van der Waals surface area contributed by atoms with Crippen molar-refractivity contribution in [1.29, 1.82) is 0 Å². The predicted octanol–water partition coefficient (Wildman–Crippen LogP) is 4.27. The topological polar surface area (TPSA) is 49.4 Å². The first-order valence-electron chi connectivity index (χ1n) is 8.76. The number of alkyl halides is 3. The van der Waals surface area contributed by atoms with Crippen LogP contribution in [0.15, 0.2) is 41.3 Å². The van der Waals surface area contributed by atoms with Crippen LogP contribution in [0.25, 0.3) is 0 Å². The van der Waals surface area contributed by atoms with Crippen molar-refractivity contribution in [3.05, 3.63) is 58.7 Å². The molecule has 0 fully saturated rings. The van der Waals surface area contributed by atoms with Gasteiger partial charge in [-0.25, -0.2) is 8.42 Å². The Morgan fingerprint density at radius 2 is 1.57 bits per heavy atom. The lowest BCUT2D eigenvalue weighted by Crippen LogP contribution is -2.51. The molecule has 0 saturated carbocycles. The van der Waals surface area contributed by atoms with Crippen molar-refractivity contribution in [3.8, 4) is 0 Å². The normalized spacial score (nSPS) is 13.4. The second-order valence-electron chi connectivity index (χ2n) is 7.16. The molecule has 2 aromatic rings. The Morgan fingerprint density at radius 3 is 2.07 bits per heavy atom. The fourth-order valence-corrected chi connectivity index (χ4v) is 4.96. The van der Waals surface area contributed by atoms with Crippen LogP contribution in [0.5, 0.6) is 0 Å². The van der Waals surface area contributed by atoms with Crippen LogP contribution in [0.4, 0.5) is 18.9 Å². The van der Waals surface area contributed by atoms with Crippen molar-refractivity contribution in [2.24, 2.45) is 0 Å². The van der Waals surface area contributed by atoms with Gasteiger partial charge in [-0.2, -0.15) is 17.9 Å². The molecule has 0 spiro atoms. The van der Waals surface area contributed by atoms with Gasteiger partial charge in [-0.05, 0) is 56.5 Å². The summed E-state index contributed by atoms with van der Waals surface area (Å²) in [4.78, 5) is 1.29. The minimum atomic E-state index is -4.74. The number of hydrogen-bond acceptors (Lipinski definition) is 3. The molecule has 0 heterocycles. The van der Waals surface area contributed by atoms with Crippen LogP contribution in [-0.2, 0) is 10.0 Å². The van der Waals surface area contributed by atoms with Gasteiger partial charge in [0.05, 0.1) is 4.90 Å². The Labute approximate surface area is 164 Å². The lowest BCUT2D eigenvalue weighted by Gasteiger charge is -2.28. The summed E-state index contributed by atoms with van der Waals surface area (Å²) >= 11 is 0. The Morgan fingerprint density at radius 1 is 1.00 bits per heavy atom. The van der Waals surface area contributed by atoms with Gasteiger partial charge in [0.2, 0.25) is 10.0 Å². The average Bonchev–Trinajstić information content (AvgIpc) is 2.51. The summed E-state index contributed by atoms with van der Waals surface area (Å²) in [6.07, 6.45) is -4.74. The van der Waals surface area contributed by atoms with Crippen molar-refractivity contribution >= 4 is 15.7 Å². The number of hydrogen-bond donors (Lipinski definition) is 1. The lowest BCUT2D eigenvalue weighted by molar-refractivity contribution is -0.148. The summed E-state index contributed by atoms with van der Waals surface area (Å²) in [5.74, 6) is 0. The van der Waals surface area contributed by atoms with Crippen LogP contribution in [-0.4, -0.2) is 34.2 Å². The van der Waals surface area contributed by atoms with Gasteiger partial charge in [0.15, 0.2) is 0 Å². The number of benzene rings is 2. The molecule has 0 aliphatic heterocycles. The van der Waals surface area contributed by atoms with E-state index >= 15 is 0 Å². The monoisotopic (exact) mass is 414 g/mol. The van der Waals surface area contributed by atoms with E-state index in [0.717, 1.165) is 11.1 Å². The van der Waals surface area contributed by atoms with E-state index in [1.54, 1.807) is 51.1 Å². The molecule has 0 bridgehead atoms. The fraction of sp³-hybridized carbons (Fsp3) is 0.400. The van der Waals surface area contributed by atoms with Gasteiger partial charge < -0.3 is 4.90 Å². The highest BCUT2D eigenvalue weighted by atomic mass is 32.2. The highest BCUT2D eigenvalue weighted by molar-refractivity contribution is 7.89. The number of sulfonamides is 1. The van der Waals surface area contributed by atoms with E-state index in [-0.39, 0.29) is 4.90 Å². The molecule has 0 aliphatic carbocycles. The van der Waals surface area contributed by atoms with Gasteiger partial charge in [-0.1, -0.05) is 29.8 Å². The molecule has 2 rings (SSSR count). The van der Waals surface area contributed by atoms with E-state index in [1.807, 2.05) is 17.7 Å². The first-order valence-corrected chi connectivity index (χ1v) is 10.2. The molecular formula is C20H25F3N2O2S. The van der Waals surface area contributed by atoms with Gasteiger partial charge >= 0.3 is 6.18 Å². The average molecular weight is 414 g/mol. The minimum absolute atomic E-state index is 0.106. The summed E-state index contributed by atoms with van der Waals surface area (Å²) in [5, 5.41) is 0. The quantitative estimate of drug-likeness (QED) is 0.768. The highest BCUT2D eigenvalue weighted by Gasteiger charge is 2.43. The van der Waals surface area contributed by atoms with Crippen molar-refractivity contribution in [2.75, 3.05) is 18.5 Å². The fourth-order valence-electron chi connectivity index (χ4n) is 3.29. The zero-order valence-electron chi connectivity index (χ0n) is 16.6. The molecule has 0 amide bonds. The Hall–Kier alpha value is -2.06. The third-order valence-electron chi connectivity index (χ3n) is 4.46. The second kappa shape index (κ2) is 8.13. The van der Waals surface area contributed by atoms with E-state index in [4.69, 9.17) is 0 Å². The number of likely N-dealkylation sites (N-methyl/N-ethyl adjacent to an activating group) is 1. The van der Waals surface area contributed by atoms with Gasteiger partial charge in [0.1, 0.15) is 6.04 Å². The lowest BCUT2D eigenvalue weighted by atomic mass is 10.1. The summed E-state index contributed by atoms with van der Waals surface area (Å²) in [6.45, 7) is 6.26. The molecule has 0 radical (unpaired) electrons. The van der Waals surface area contributed by atoms with Crippen LogP contribution in [0.2, 0.25) is 0 Å². The molecule has 8 heteroatoms. The largest absolute Gasteiger partial charge is 0.406 e. The third kappa shape index (κ3) is 5.26. The molecule has 1 unspecified atom stereocenters. The van der Waals surface area contributed by atoms with Gasteiger partial charge in [0, 0.05) is 19.3 Å². The van der Waals surface area contributed by atoms with E-state index < -0.39 is 28.8 Å². The predicted molar refractivity (Wildman–Crippen MR) is 105 cm³/mol. The summed E-state index contributed by atoms with van der Waals surface area (Å²) < 4.78 is 68.3. The van der Waals surface area contributed by atoms with Crippen LogP contribution >= 0.6 is 0 Å². The van der Waals surface area contributed by atoms with Crippen molar-refractivity contribution in [3.63, 3.8) is 0 Å². The molecule has 28 heavy (non-hydrogen) atoms. The molecule has 1 N–H and O–H groups in total. The molecule has 0 aliphatic rings.